The maximum absolute atomic E-state index is 12.9. The fourth-order valence-corrected chi connectivity index (χ4v) is 3.72. The minimum absolute atomic E-state index is 0.117. The Morgan fingerprint density at radius 1 is 1.16 bits per heavy atom. The molecule has 2 N–H and O–H groups in total. The Balaban J connectivity index is 2.03. The van der Waals surface area contributed by atoms with Crippen LogP contribution in [-0.4, -0.2) is 11.7 Å². The van der Waals surface area contributed by atoms with Crippen molar-refractivity contribution in [1.29, 1.82) is 0 Å². The van der Waals surface area contributed by atoms with E-state index in [-0.39, 0.29) is 12.2 Å². The van der Waals surface area contributed by atoms with Crippen LogP contribution < -0.4 is 5.73 Å². The molecule has 0 bridgehead atoms. The van der Waals surface area contributed by atoms with Crippen molar-refractivity contribution in [3.8, 4) is 0 Å². The average molecular weight is 365 g/mol. The van der Waals surface area contributed by atoms with Crippen LogP contribution in [0.4, 0.5) is 13.2 Å². The number of hydrogen-bond donors (Lipinski definition) is 1. The van der Waals surface area contributed by atoms with E-state index in [4.69, 9.17) is 5.73 Å². The lowest BCUT2D eigenvalue weighted by molar-refractivity contribution is -0.137. The zero-order valence-electron chi connectivity index (χ0n) is 13.2. The van der Waals surface area contributed by atoms with E-state index in [2.05, 4.69) is 0 Å². The number of Topliss-reactive ketones (excluding diaryl/α,β-unsaturated/α-hetero) is 1. The Kier molecular flexibility index (Phi) is 4.36. The number of amides is 1. The van der Waals surface area contributed by atoms with Gasteiger partial charge in [-0.2, -0.15) is 13.2 Å². The molecule has 1 amide bonds. The summed E-state index contributed by atoms with van der Waals surface area (Å²) in [7, 11) is 0. The number of fused-ring (bicyclic) bond motifs is 2. The summed E-state index contributed by atoms with van der Waals surface area (Å²) in [4.78, 5) is 25.2. The predicted molar refractivity (Wildman–Crippen MR) is 87.7 cm³/mol. The highest BCUT2D eigenvalue weighted by atomic mass is 32.2. The van der Waals surface area contributed by atoms with Gasteiger partial charge in [0.15, 0.2) is 5.78 Å². The molecule has 1 aliphatic rings. The van der Waals surface area contributed by atoms with Gasteiger partial charge in [-0.1, -0.05) is 17.8 Å². The number of rotatable bonds is 2. The molecule has 1 atom stereocenters. The van der Waals surface area contributed by atoms with Gasteiger partial charge >= 0.3 is 6.18 Å². The van der Waals surface area contributed by atoms with Crippen molar-refractivity contribution in [2.24, 2.45) is 5.73 Å². The third-order valence-corrected chi connectivity index (χ3v) is 5.38. The van der Waals surface area contributed by atoms with E-state index in [1.165, 1.54) is 17.8 Å². The van der Waals surface area contributed by atoms with Gasteiger partial charge in [0, 0.05) is 21.8 Å². The van der Waals surface area contributed by atoms with Gasteiger partial charge in [0.1, 0.15) is 0 Å². The van der Waals surface area contributed by atoms with Gasteiger partial charge in [-0.3, -0.25) is 9.59 Å². The molecule has 25 heavy (non-hydrogen) atoms. The van der Waals surface area contributed by atoms with Crippen molar-refractivity contribution >= 4 is 23.5 Å². The summed E-state index contributed by atoms with van der Waals surface area (Å²) in [6.45, 7) is 1.64. The van der Waals surface area contributed by atoms with Gasteiger partial charge < -0.3 is 5.73 Å². The normalized spacial score (nSPS) is 15.1. The highest BCUT2D eigenvalue weighted by Gasteiger charge is 2.32. The van der Waals surface area contributed by atoms with Crippen LogP contribution in [0.3, 0.4) is 0 Å². The van der Waals surface area contributed by atoms with Crippen molar-refractivity contribution < 1.29 is 22.8 Å². The van der Waals surface area contributed by atoms with Gasteiger partial charge in [0.2, 0.25) is 5.91 Å². The molecule has 3 rings (SSSR count). The van der Waals surface area contributed by atoms with Crippen molar-refractivity contribution in [2.75, 3.05) is 0 Å². The second-order valence-electron chi connectivity index (χ2n) is 5.90. The number of benzene rings is 2. The molecule has 0 saturated carbocycles. The van der Waals surface area contributed by atoms with Crippen molar-refractivity contribution in [2.45, 2.75) is 35.2 Å². The second-order valence-corrected chi connectivity index (χ2v) is 6.99. The van der Waals surface area contributed by atoms with Crippen LogP contribution in [0.1, 0.15) is 39.9 Å². The van der Waals surface area contributed by atoms with Gasteiger partial charge in [-0.25, -0.2) is 0 Å². The highest BCUT2D eigenvalue weighted by Crippen LogP contribution is 2.40. The third kappa shape index (κ3) is 3.42. The van der Waals surface area contributed by atoms with Gasteiger partial charge in [-0.05, 0) is 48.4 Å². The minimum Gasteiger partial charge on any atom is -0.369 e. The van der Waals surface area contributed by atoms with E-state index in [1.54, 1.807) is 25.1 Å². The number of ketones is 1. The van der Waals surface area contributed by atoms with Crippen molar-refractivity contribution in [3.63, 3.8) is 0 Å². The summed E-state index contributed by atoms with van der Waals surface area (Å²) in [6, 6.07) is 8.47. The molecular formula is C18H14F3NO2S. The summed E-state index contributed by atoms with van der Waals surface area (Å²) in [6.07, 6.45) is -4.57. The zero-order chi connectivity index (χ0) is 18.4. The quantitative estimate of drug-likeness (QED) is 0.868. The molecule has 7 heteroatoms. The van der Waals surface area contributed by atoms with E-state index < -0.39 is 23.6 Å². The Bertz CT molecular complexity index is 877. The highest BCUT2D eigenvalue weighted by molar-refractivity contribution is 7.99. The molecule has 3 nitrogen and oxygen atoms in total. The Morgan fingerprint density at radius 2 is 1.84 bits per heavy atom. The first-order valence-corrected chi connectivity index (χ1v) is 8.33. The Labute approximate surface area is 146 Å². The van der Waals surface area contributed by atoms with Crippen LogP contribution in [0.15, 0.2) is 46.2 Å². The predicted octanol–water partition coefficient (Wildman–Crippen LogP) is 4.18. The lowest BCUT2D eigenvalue weighted by Gasteiger charge is -2.11. The van der Waals surface area contributed by atoms with Crippen LogP contribution in [0, 0.1) is 0 Å². The van der Waals surface area contributed by atoms with Crippen molar-refractivity contribution in [3.05, 3.63) is 58.7 Å². The molecule has 0 aliphatic carbocycles. The molecule has 1 heterocycles. The number of primary amides is 1. The number of nitrogens with two attached hydrogens (primary N) is 1. The summed E-state index contributed by atoms with van der Waals surface area (Å²) in [5.41, 5.74) is 5.90. The van der Waals surface area contributed by atoms with E-state index in [1.807, 2.05) is 0 Å². The lowest BCUT2D eigenvalue weighted by Crippen LogP contribution is -2.19. The molecule has 0 radical (unpaired) electrons. The van der Waals surface area contributed by atoms with E-state index >= 15 is 0 Å². The molecule has 2 aromatic rings. The monoisotopic (exact) mass is 365 g/mol. The van der Waals surface area contributed by atoms with Crippen LogP contribution in [0.25, 0.3) is 0 Å². The van der Waals surface area contributed by atoms with Crippen LogP contribution in [-0.2, 0) is 17.4 Å². The van der Waals surface area contributed by atoms with Crippen LogP contribution in [0.5, 0.6) is 0 Å². The lowest BCUT2D eigenvalue weighted by atomic mass is 9.95. The zero-order valence-corrected chi connectivity index (χ0v) is 14.0. The molecule has 0 saturated heterocycles. The third-order valence-electron chi connectivity index (χ3n) is 4.19. The molecule has 1 unspecified atom stereocenters. The van der Waals surface area contributed by atoms with Gasteiger partial charge in [0.25, 0.3) is 0 Å². The van der Waals surface area contributed by atoms with Crippen LogP contribution in [0.2, 0.25) is 0 Å². The molecule has 0 aromatic heterocycles. The fraction of sp³-hybridized carbons (Fsp3) is 0.222. The average Bonchev–Trinajstić information content (AvgIpc) is 2.68. The standard InChI is InChI=1S/C18H14F3NO2S/c1-9(17(22)24)10-2-4-16-13(7-10)14(23)8-11-6-12(18(19,20)21)3-5-15(11)25-16/h2-7,9H,8H2,1H3,(H2,22,24). The molecule has 0 fully saturated rings. The molecular weight excluding hydrogens is 351 g/mol. The first-order valence-electron chi connectivity index (χ1n) is 7.51. The topological polar surface area (TPSA) is 60.2 Å². The summed E-state index contributed by atoms with van der Waals surface area (Å²) < 4.78 is 38.7. The Morgan fingerprint density at radius 3 is 2.48 bits per heavy atom. The number of carbonyl (C=O) groups excluding carboxylic acids is 2. The second kappa shape index (κ2) is 6.22. The summed E-state index contributed by atoms with van der Waals surface area (Å²) in [5.74, 6) is -1.34. The SMILES string of the molecule is CC(C(N)=O)c1ccc2c(c1)C(=O)Cc1cc(C(F)(F)F)ccc1S2. The van der Waals surface area contributed by atoms with E-state index in [0.29, 0.717) is 26.5 Å². The van der Waals surface area contributed by atoms with E-state index in [0.717, 1.165) is 12.1 Å². The van der Waals surface area contributed by atoms with Crippen molar-refractivity contribution in [1.82, 2.24) is 0 Å². The maximum atomic E-state index is 12.9. The molecule has 0 spiro atoms. The first-order chi connectivity index (χ1) is 11.7. The summed E-state index contributed by atoms with van der Waals surface area (Å²) >= 11 is 1.25. The molecule has 1 aliphatic heterocycles. The smallest absolute Gasteiger partial charge is 0.369 e. The largest absolute Gasteiger partial charge is 0.416 e. The van der Waals surface area contributed by atoms with Crippen LogP contribution >= 0.6 is 11.8 Å². The van der Waals surface area contributed by atoms with Gasteiger partial charge in [-0.15, -0.1) is 0 Å². The van der Waals surface area contributed by atoms with Gasteiger partial charge in [0.05, 0.1) is 11.5 Å². The molecule has 2 aromatic carbocycles. The number of alkyl halides is 3. The number of hydrogen-bond acceptors (Lipinski definition) is 3. The number of carbonyl (C=O) groups is 2. The fourth-order valence-electron chi connectivity index (χ4n) is 2.67. The maximum Gasteiger partial charge on any atom is 0.416 e. The Hall–Kier alpha value is -2.28. The number of halogens is 3. The first kappa shape index (κ1) is 17.5. The summed E-state index contributed by atoms with van der Waals surface area (Å²) in [5, 5.41) is 0. The molecule has 130 valence electrons. The van der Waals surface area contributed by atoms with E-state index in [9.17, 15) is 22.8 Å². The minimum atomic E-state index is -4.45.